The number of nitrogens with one attached hydrogen (secondary N) is 1. The minimum atomic E-state index is 0.477. The molecule has 1 saturated heterocycles. The largest absolute Gasteiger partial charge is 0.314 e. The lowest BCUT2D eigenvalue weighted by Crippen LogP contribution is -2.44. The third-order valence-electron chi connectivity index (χ3n) is 3.82. The van der Waals surface area contributed by atoms with E-state index in [2.05, 4.69) is 69.4 Å². The molecular formula is C15H24BrN3. The van der Waals surface area contributed by atoms with E-state index < -0.39 is 0 Å². The Labute approximate surface area is 125 Å². The Morgan fingerprint density at radius 3 is 2.58 bits per heavy atom. The lowest BCUT2D eigenvalue weighted by Gasteiger charge is -2.31. The molecule has 1 heterocycles. The molecule has 0 radical (unpaired) electrons. The molecule has 2 rings (SSSR count). The summed E-state index contributed by atoms with van der Waals surface area (Å²) in [6.07, 6.45) is 1.18. The Morgan fingerprint density at radius 1 is 1.26 bits per heavy atom. The quantitative estimate of drug-likeness (QED) is 0.896. The van der Waals surface area contributed by atoms with Crippen molar-refractivity contribution in [3.05, 3.63) is 34.3 Å². The highest BCUT2D eigenvalue weighted by Gasteiger charge is 2.18. The third kappa shape index (κ3) is 4.28. The standard InChI is InChI=1S/C15H24BrN3/c1-18(2)15(13-5-3-4-6-14(13)16)7-10-19-11-8-17-9-12-19/h3-6,15,17H,7-12H2,1-2H3. The molecule has 1 N–H and O–H groups in total. The smallest absolute Gasteiger partial charge is 0.0365 e. The molecule has 1 unspecified atom stereocenters. The predicted octanol–water partition coefficient (Wildman–Crippen LogP) is 2.35. The van der Waals surface area contributed by atoms with Crippen LogP contribution in [0.1, 0.15) is 18.0 Å². The van der Waals surface area contributed by atoms with Gasteiger partial charge in [-0.1, -0.05) is 34.1 Å². The highest BCUT2D eigenvalue weighted by Crippen LogP contribution is 2.29. The van der Waals surface area contributed by atoms with Crippen LogP contribution in [0.25, 0.3) is 0 Å². The van der Waals surface area contributed by atoms with Gasteiger partial charge in [0, 0.05) is 43.2 Å². The molecule has 1 aromatic rings. The lowest BCUT2D eigenvalue weighted by atomic mass is 10.0. The van der Waals surface area contributed by atoms with Crippen LogP contribution in [0.3, 0.4) is 0 Å². The summed E-state index contributed by atoms with van der Waals surface area (Å²) in [5.41, 5.74) is 1.39. The van der Waals surface area contributed by atoms with E-state index in [1.54, 1.807) is 0 Å². The highest BCUT2D eigenvalue weighted by molar-refractivity contribution is 9.10. The molecule has 3 nitrogen and oxygen atoms in total. The Balaban J connectivity index is 1.98. The van der Waals surface area contributed by atoms with Gasteiger partial charge < -0.3 is 15.1 Å². The van der Waals surface area contributed by atoms with Crippen LogP contribution in [-0.2, 0) is 0 Å². The fourth-order valence-electron chi connectivity index (χ4n) is 2.68. The summed E-state index contributed by atoms with van der Waals surface area (Å²) in [6.45, 7) is 5.78. The van der Waals surface area contributed by atoms with E-state index >= 15 is 0 Å². The minimum Gasteiger partial charge on any atom is -0.314 e. The van der Waals surface area contributed by atoms with Crippen LogP contribution >= 0.6 is 15.9 Å². The topological polar surface area (TPSA) is 18.5 Å². The van der Waals surface area contributed by atoms with E-state index in [0.717, 1.165) is 13.1 Å². The van der Waals surface area contributed by atoms with Crippen molar-refractivity contribution in [3.8, 4) is 0 Å². The molecule has 1 fully saturated rings. The van der Waals surface area contributed by atoms with Gasteiger partial charge in [-0.2, -0.15) is 0 Å². The van der Waals surface area contributed by atoms with Gasteiger partial charge in [-0.15, -0.1) is 0 Å². The number of benzene rings is 1. The average Bonchev–Trinajstić information content (AvgIpc) is 2.42. The molecule has 0 spiro atoms. The van der Waals surface area contributed by atoms with Crippen LogP contribution < -0.4 is 5.32 Å². The van der Waals surface area contributed by atoms with E-state index in [4.69, 9.17) is 0 Å². The number of nitrogens with zero attached hydrogens (tertiary/aromatic N) is 2. The zero-order valence-corrected chi connectivity index (χ0v) is 13.5. The summed E-state index contributed by atoms with van der Waals surface area (Å²) in [4.78, 5) is 4.88. The maximum Gasteiger partial charge on any atom is 0.0365 e. The van der Waals surface area contributed by atoms with Gasteiger partial charge >= 0.3 is 0 Å². The van der Waals surface area contributed by atoms with E-state index in [9.17, 15) is 0 Å². The summed E-state index contributed by atoms with van der Waals surface area (Å²) in [5.74, 6) is 0. The first-order valence-corrected chi connectivity index (χ1v) is 7.81. The highest BCUT2D eigenvalue weighted by atomic mass is 79.9. The second kappa shape index (κ2) is 7.39. The summed E-state index contributed by atoms with van der Waals surface area (Å²) >= 11 is 3.68. The van der Waals surface area contributed by atoms with Crippen molar-refractivity contribution in [2.75, 3.05) is 46.8 Å². The molecule has 0 aromatic heterocycles. The van der Waals surface area contributed by atoms with Crippen LogP contribution in [-0.4, -0.2) is 56.6 Å². The van der Waals surface area contributed by atoms with E-state index in [1.807, 2.05) is 0 Å². The van der Waals surface area contributed by atoms with E-state index in [0.29, 0.717) is 6.04 Å². The Morgan fingerprint density at radius 2 is 1.95 bits per heavy atom. The van der Waals surface area contributed by atoms with Gasteiger partial charge in [0.15, 0.2) is 0 Å². The lowest BCUT2D eigenvalue weighted by molar-refractivity contribution is 0.199. The van der Waals surface area contributed by atoms with Gasteiger partial charge in [-0.25, -0.2) is 0 Å². The molecule has 0 saturated carbocycles. The van der Waals surface area contributed by atoms with Crippen LogP contribution in [0.5, 0.6) is 0 Å². The van der Waals surface area contributed by atoms with Crippen molar-refractivity contribution >= 4 is 15.9 Å². The number of rotatable bonds is 5. The van der Waals surface area contributed by atoms with Gasteiger partial charge in [-0.3, -0.25) is 0 Å². The summed E-state index contributed by atoms with van der Waals surface area (Å²) < 4.78 is 1.22. The monoisotopic (exact) mass is 325 g/mol. The normalized spacial score (nSPS) is 18.7. The molecule has 4 heteroatoms. The molecule has 1 atom stereocenters. The van der Waals surface area contributed by atoms with Gasteiger partial charge in [-0.05, 0) is 32.1 Å². The molecular weight excluding hydrogens is 302 g/mol. The summed E-state index contributed by atoms with van der Waals surface area (Å²) in [7, 11) is 4.34. The molecule has 106 valence electrons. The van der Waals surface area contributed by atoms with Crippen molar-refractivity contribution in [2.45, 2.75) is 12.5 Å². The van der Waals surface area contributed by atoms with E-state index in [-0.39, 0.29) is 0 Å². The zero-order chi connectivity index (χ0) is 13.7. The fourth-order valence-corrected chi connectivity index (χ4v) is 3.23. The molecule has 1 aliphatic rings. The van der Waals surface area contributed by atoms with Crippen LogP contribution in [0.4, 0.5) is 0 Å². The molecule has 0 amide bonds. The number of piperazine rings is 1. The maximum absolute atomic E-state index is 3.68. The first kappa shape index (κ1) is 15.0. The van der Waals surface area contributed by atoms with Crippen LogP contribution in [0.15, 0.2) is 28.7 Å². The average molecular weight is 326 g/mol. The van der Waals surface area contributed by atoms with Crippen molar-refractivity contribution in [2.24, 2.45) is 0 Å². The Bertz CT molecular complexity index is 389. The third-order valence-corrected chi connectivity index (χ3v) is 4.54. The van der Waals surface area contributed by atoms with Crippen molar-refractivity contribution in [3.63, 3.8) is 0 Å². The molecule has 0 bridgehead atoms. The Hall–Kier alpha value is -0.420. The molecule has 1 aromatic carbocycles. The molecule has 1 aliphatic heterocycles. The number of hydrogen-bond acceptors (Lipinski definition) is 3. The van der Waals surface area contributed by atoms with Crippen LogP contribution in [0.2, 0.25) is 0 Å². The first-order valence-electron chi connectivity index (χ1n) is 7.02. The second-order valence-electron chi connectivity index (χ2n) is 5.38. The van der Waals surface area contributed by atoms with E-state index in [1.165, 1.54) is 36.1 Å². The zero-order valence-electron chi connectivity index (χ0n) is 11.9. The molecule has 0 aliphatic carbocycles. The van der Waals surface area contributed by atoms with Gasteiger partial charge in [0.1, 0.15) is 0 Å². The number of hydrogen-bond donors (Lipinski definition) is 1. The fraction of sp³-hybridized carbons (Fsp3) is 0.600. The van der Waals surface area contributed by atoms with Gasteiger partial charge in [0.2, 0.25) is 0 Å². The number of halogens is 1. The summed E-state index contributed by atoms with van der Waals surface area (Å²) in [6, 6.07) is 9.05. The van der Waals surface area contributed by atoms with Crippen molar-refractivity contribution in [1.29, 1.82) is 0 Å². The predicted molar refractivity (Wildman–Crippen MR) is 84.5 cm³/mol. The summed E-state index contributed by atoms with van der Waals surface area (Å²) in [5, 5.41) is 3.41. The van der Waals surface area contributed by atoms with Gasteiger partial charge in [0.25, 0.3) is 0 Å². The second-order valence-corrected chi connectivity index (χ2v) is 6.24. The maximum atomic E-state index is 3.68. The Kier molecular flexibility index (Phi) is 5.82. The molecule has 19 heavy (non-hydrogen) atoms. The first-order chi connectivity index (χ1) is 9.18. The van der Waals surface area contributed by atoms with Crippen molar-refractivity contribution in [1.82, 2.24) is 15.1 Å². The van der Waals surface area contributed by atoms with Crippen LogP contribution in [0, 0.1) is 0 Å². The minimum absolute atomic E-state index is 0.477. The SMILES string of the molecule is CN(C)C(CCN1CCNCC1)c1ccccc1Br. The van der Waals surface area contributed by atoms with Gasteiger partial charge in [0.05, 0.1) is 0 Å². The van der Waals surface area contributed by atoms with Crippen molar-refractivity contribution < 1.29 is 0 Å².